The lowest BCUT2D eigenvalue weighted by Crippen LogP contribution is -2.13. The van der Waals surface area contributed by atoms with E-state index in [4.69, 9.17) is 9.47 Å². The lowest BCUT2D eigenvalue weighted by molar-refractivity contribution is -0.143. The summed E-state index contributed by atoms with van der Waals surface area (Å²) in [6, 6.07) is 0. The van der Waals surface area contributed by atoms with Crippen molar-refractivity contribution >= 4 is 11.9 Å². The summed E-state index contributed by atoms with van der Waals surface area (Å²) < 4.78 is 10.2. The van der Waals surface area contributed by atoms with Gasteiger partial charge in [-0.25, -0.2) is 9.59 Å². The predicted octanol–water partition coefficient (Wildman–Crippen LogP) is 6.52. The zero-order chi connectivity index (χ0) is 21.6. The molecule has 4 nitrogen and oxygen atoms in total. The monoisotopic (exact) mass is 406 g/mol. The van der Waals surface area contributed by atoms with Gasteiger partial charge in [0.2, 0.25) is 0 Å². The number of ether oxygens (including phenoxy) is 2. The van der Waals surface area contributed by atoms with Crippen molar-refractivity contribution in [3.63, 3.8) is 0 Å². The maximum absolute atomic E-state index is 11.7. The minimum absolute atomic E-state index is 0.0586. The minimum Gasteiger partial charge on any atom is -0.460 e. The fraction of sp³-hybridized carbons (Fsp3) is 0.760. The Labute approximate surface area is 178 Å². The molecule has 0 aromatic heterocycles. The number of esters is 2. The quantitative estimate of drug-likeness (QED) is 0.119. The van der Waals surface area contributed by atoms with Crippen molar-refractivity contribution in [3.8, 4) is 11.8 Å². The summed E-state index contributed by atoms with van der Waals surface area (Å²) >= 11 is 0. The Kier molecular flexibility index (Phi) is 19.7. The molecule has 0 rings (SSSR count). The SMILES string of the molecule is CCCCCCCCCCC#CCOC(=O)C=CC(=O)OC(C)CCCCCC. The summed E-state index contributed by atoms with van der Waals surface area (Å²) in [5, 5.41) is 0. The van der Waals surface area contributed by atoms with Crippen molar-refractivity contribution in [2.75, 3.05) is 6.61 Å². The van der Waals surface area contributed by atoms with Crippen LogP contribution in [0.3, 0.4) is 0 Å². The maximum atomic E-state index is 11.7. The Morgan fingerprint density at radius 2 is 1.31 bits per heavy atom. The van der Waals surface area contributed by atoms with Crippen LogP contribution in [0.1, 0.15) is 111 Å². The van der Waals surface area contributed by atoms with Gasteiger partial charge in [0.1, 0.15) is 0 Å². The molecule has 0 aromatic carbocycles. The molecule has 166 valence electrons. The molecular weight excluding hydrogens is 364 g/mol. The third kappa shape index (κ3) is 20.8. The molecule has 0 aliphatic heterocycles. The second-order valence-corrected chi connectivity index (χ2v) is 7.62. The van der Waals surface area contributed by atoms with Gasteiger partial charge in [0.05, 0.1) is 6.10 Å². The first-order valence-electron chi connectivity index (χ1n) is 11.6. The van der Waals surface area contributed by atoms with Crippen LogP contribution in [0, 0.1) is 11.8 Å². The van der Waals surface area contributed by atoms with Gasteiger partial charge in [-0.3, -0.25) is 0 Å². The highest BCUT2D eigenvalue weighted by Crippen LogP contribution is 2.09. The molecule has 0 aliphatic rings. The van der Waals surface area contributed by atoms with E-state index in [1.165, 1.54) is 57.8 Å². The molecule has 0 spiro atoms. The van der Waals surface area contributed by atoms with Gasteiger partial charge in [0.15, 0.2) is 6.61 Å². The Morgan fingerprint density at radius 3 is 1.97 bits per heavy atom. The summed E-state index contributed by atoms with van der Waals surface area (Å²) in [5.41, 5.74) is 0. The molecular formula is C25H42O4. The van der Waals surface area contributed by atoms with Crippen LogP contribution < -0.4 is 0 Å². The van der Waals surface area contributed by atoms with Gasteiger partial charge in [-0.2, -0.15) is 0 Å². The van der Waals surface area contributed by atoms with Gasteiger partial charge in [0.25, 0.3) is 0 Å². The molecule has 1 atom stereocenters. The summed E-state index contributed by atoms with van der Waals surface area (Å²) in [7, 11) is 0. The fourth-order valence-corrected chi connectivity index (χ4v) is 2.93. The standard InChI is InChI=1S/C25H42O4/c1-4-6-8-10-11-12-13-14-15-16-18-22-28-24(26)20-21-25(27)29-23(3)19-17-9-7-5-2/h20-21,23H,4-15,17,19,22H2,1-3H3. The summed E-state index contributed by atoms with van der Waals surface area (Å²) in [6.07, 6.45) is 18.6. The molecule has 0 aliphatic carbocycles. The first-order valence-corrected chi connectivity index (χ1v) is 11.6. The van der Waals surface area contributed by atoms with E-state index in [0.717, 1.165) is 44.3 Å². The Balaban J connectivity index is 3.67. The third-order valence-electron chi connectivity index (χ3n) is 4.70. The van der Waals surface area contributed by atoms with Crippen LogP contribution in [0.25, 0.3) is 0 Å². The van der Waals surface area contributed by atoms with Crippen LogP contribution >= 0.6 is 0 Å². The van der Waals surface area contributed by atoms with Crippen molar-refractivity contribution in [1.29, 1.82) is 0 Å². The number of carbonyl (C=O) groups excluding carboxylic acids is 2. The van der Waals surface area contributed by atoms with Gasteiger partial charge in [0, 0.05) is 18.6 Å². The number of rotatable bonds is 17. The summed E-state index contributed by atoms with van der Waals surface area (Å²) in [4.78, 5) is 23.3. The minimum atomic E-state index is -0.570. The Morgan fingerprint density at radius 1 is 0.759 bits per heavy atom. The molecule has 0 saturated carbocycles. The number of hydrogen-bond donors (Lipinski definition) is 0. The van der Waals surface area contributed by atoms with E-state index in [1.54, 1.807) is 0 Å². The first-order chi connectivity index (χ1) is 14.1. The molecule has 0 aromatic rings. The highest BCUT2D eigenvalue weighted by Gasteiger charge is 2.07. The Hall–Kier alpha value is -1.76. The summed E-state index contributed by atoms with van der Waals surface area (Å²) in [5.74, 6) is 4.79. The van der Waals surface area contributed by atoms with E-state index in [9.17, 15) is 9.59 Å². The second kappa shape index (κ2) is 21.0. The lowest BCUT2D eigenvalue weighted by atomic mass is 10.1. The number of unbranched alkanes of at least 4 members (excludes halogenated alkanes) is 11. The van der Waals surface area contributed by atoms with Crippen LogP contribution in [0.4, 0.5) is 0 Å². The number of carbonyl (C=O) groups is 2. The van der Waals surface area contributed by atoms with E-state index < -0.39 is 11.9 Å². The molecule has 0 N–H and O–H groups in total. The molecule has 1 unspecified atom stereocenters. The van der Waals surface area contributed by atoms with Crippen molar-refractivity contribution < 1.29 is 19.1 Å². The van der Waals surface area contributed by atoms with E-state index in [0.29, 0.717) is 0 Å². The highest BCUT2D eigenvalue weighted by atomic mass is 16.5. The number of hydrogen-bond acceptors (Lipinski definition) is 4. The van der Waals surface area contributed by atoms with Gasteiger partial charge in [-0.05, 0) is 26.2 Å². The molecule has 0 amide bonds. The fourth-order valence-electron chi connectivity index (χ4n) is 2.93. The van der Waals surface area contributed by atoms with Gasteiger partial charge < -0.3 is 9.47 Å². The summed E-state index contributed by atoms with van der Waals surface area (Å²) in [6.45, 7) is 6.33. The van der Waals surface area contributed by atoms with E-state index in [-0.39, 0.29) is 12.7 Å². The van der Waals surface area contributed by atoms with E-state index in [2.05, 4.69) is 25.7 Å². The highest BCUT2D eigenvalue weighted by molar-refractivity contribution is 5.91. The van der Waals surface area contributed by atoms with Crippen LogP contribution in [0.15, 0.2) is 12.2 Å². The lowest BCUT2D eigenvalue weighted by Gasteiger charge is -2.11. The van der Waals surface area contributed by atoms with Crippen molar-refractivity contribution in [2.24, 2.45) is 0 Å². The smallest absolute Gasteiger partial charge is 0.331 e. The van der Waals surface area contributed by atoms with Crippen molar-refractivity contribution in [2.45, 2.75) is 117 Å². The second-order valence-electron chi connectivity index (χ2n) is 7.62. The first kappa shape index (κ1) is 27.2. The average molecular weight is 407 g/mol. The largest absolute Gasteiger partial charge is 0.460 e. The van der Waals surface area contributed by atoms with Gasteiger partial charge in [-0.15, -0.1) is 0 Å². The predicted molar refractivity (Wildman–Crippen MR) is 119 cm³/mol. The third-order valence-corrected chi connectivity index (χ3v) is 4.70. The molecule has 0 fully saturated rings. The maximum Gasteiger partial charge on any atom is 0.331 e. The molecule has 29 heavy (non-hydrogen) atoms. The van der Waals surface area contributed by atoms with E-state index >= 15 is 0 Å². The van der Waals surface area contributed by atoms with Crippen LogP contribution in [-0.2, 0) is 19.1 Å². The Bertz CT molecular complexity index is 499. The molecule has 0 bridgehead atoms. The zero-order valence-electron chi connectivity index (χ0n) is 19.0. The normalized spacial score (nSPS) is 11.7. The van der Waals surface area contributed by atoms with Gasteiger partial charge >= 0.3 is 11.9 Å². The molecule has 0 radical (unpaired) electrons. The van der Waals surface area contributed by atoms with E-state index in [1.807, 2.05) is 6.92 Å². The molecule has 0 saturated heterocycles. The van der Waals surface area contributed by atoms with Crippen LogP contribution in [-0.4, -0.2) is 24.6 Å². The van der Waals surface area contributed by atoms with Crippen molar-refractivity contribution in [3.05, 3.63) is 12.2 Å². The average Bonchev–Trinajstić information content (AvgIpc) is 2.70. The van der Waals surface area contributed by atoms with Crippen molar-refractivity contribution in [1.82, 2.24) is 0 Å². The van der Waals surface area contributed by atoms with Crippen LogP contribution in [0.5, 0.6) is 0 Å². The molecule has 0 heterocycles. The van der Waals surface area contributed by atoms with Gasteiger partial charge in [-0.1, -0.05) is 89.9 Å². The van der Waals surface area contributed by atoms with Crippen LogP contribution in [0.2, 0.25) is 0 Å². The molecule has 4 heteroatoms. The zero-order valence-corrected chi connectivity index (χ0v) is 19.0. The topological polar surface area (TPSA) is 52.6 Å².